The van der Waals surface area contributed by atoms with E-state index in [0.29, 0.717) is 11.6 Å². The van der Waals surface area contributed by atoms with E-state index in [1.54, 1.807) is 6.20 Å². The quantitative estimate of drug-likeness (QED) is 0.623. The normalized spacial score (nSPS) is 15.6. The molecule has 2 aliphatic rings. The largest absolute Gasteiger partial charge is 0.454 e. The summed E-state index contributed by atoms with van der Waals surface area (Å²) < 4.78 is 10.9. The number of rotatable bonds is 5. The molecule has 6 heteroatoms. The molecule has 0 spiro atoms. The van der Waals surface area contributed by atoms with Crippen LogP contribution in [0.1, 0.15) is 37.9 Å². The van der Waals surface area contributed by atoms with Gasteiger partial charge in [-0.3, -0.25) is 4.79 Å². The van der Waals surface area contributed by atoms with Crippen molar-refractivity contribution in [3.63, 3.8) is 0 Å². The Balaban J connectivity index is 0.00000153. The average Bonchev–Trinajstić information content (AvgIpc) is 3.48. The van der Waals surface area contributed by atoms with Crippen molar-refractivity contribution in [2.45, 2.75) is 38.7 Å². The van der Waals surface area contributed by atoms with Crippen LogP contribution in [-0.2, 0) is 16.8 Å². The Kier molecular flexibility index (Phi) is 4.67. The summed E-state index contributed by atoms with van der Waals surface area (Å²) in [6, 6.07) is 13.5. The third-order valence-electron chi connectivity index (χ3n) is 6.43. The zero-order valence-corrected chi connectivity index (χ0v) is 17.6. The summed E-state index contributed by atoms with van der Waals surface area (Å²) in [6.45, 7) is 4.25. The van der Waals surface area contributed by atoms with Gasteiger partial charge in [-0.25, -0.2) is 4.98 Å². The van der Waals surface area contributed by atoms with Gasteiger partial charge in [-0.2, -0.15) is 0 Å². The zero-order valence-electron chi connectivity index (χ0n) is 17.6. The number of hydrogen-bond acceptors (Lipinski definition) is 5. The zero-order chi connectivity index (χ0) is 21.6. The third-order valence-corrected chi connectivity index (χ3v) is 6.43. The molecule has 31 heavy (non-hydrogen) atoms. The molecule has 6 nitrogen and oxygen atoms in total. The van der Waals surface area contributed by atoms with Crippen LogP contribution in [0.5, 0.6) is 11.5 Å². The van der Waals surface area contributed by atoms with Crippen molar-refractivity contribution in [2.24, 2.45) is 0 Å². The molecule has 2 aromatic carbocycles. The summed E-state index contributed by atoms with van der Waals surface area (Å²) in [5.74, 6) is 1.96. The van der Waals surface area contributed by atoms with E-state index >= 15 is 0 Å². The SMILES string of the molecule is Cc1c(-c2ccc(CO)cc2)cnc(NC(=O)C2(c3ccc4c(c3)OCO4)CC2)c1C.[HH].[HH]. The van der Waals surface area contributed by atoms with Gasteiger partial charge in [-0.15, -0.1) is 0 Å². The van der Waals surface area contributed by atoms with E-state index in [4.69, 9.17) is 9.47 Å². The Morgan fingerprint density at radius 2 is 1.84 bits per heavy atom. The molecule has 2 N–H and O–H groups in total. The summed E-state index contributed by atoms with van der Waals surface area (Å²) >= 11 is 0. The van der Waals surface area contributed by atoms with Crippen LogP contribution in [0.15, 0.2) is 48.7 Å². The topological polar surface area (TPSA) is 80.7 Å². The molecule has 0 radical (unpaired) electrons. The van der Waals surface area contributed by atoms with E-state index in [2.05, 4.69) is 10.3 Å². The van der Waals surface area contributed by atoms with Crippen molar-refractivity contribution in [1.29, 1.82) is 0 Å². The van der Waals surface area contributed by atoms with Crippen LogP contribution >= 0.6 is 0 Å². The number of pyridine rings is 1. The number of amides is 1. The lowest BCUT2D eigenvalue weighted by atomic mass is 9.94. The van der Waals surface area contributed by atoms with E-state index in [9.17, 15) is 9.90 Å². The van der Waals surface area contributed by atoms with Gasteiger partial charge in [0.2, 0.25) is 12.7 Å². The number of hydrogen-bond donors (Lipinski definition) is 2. The molecule has 0 bridgehead atoms. The maximum Gasteiger partial charge on any atom is 0.236 e. The molecule has 1 fully saturated rings. The monoisotopic (exact) mass is 420 g/mol. The van der Waals surface area contributed by atoms with Crippen LogP contribution in [0.4, 0.5) is 5.82 Å². The Morgan fingerprint density at radius 1 is 1.10 bits per heavy atom. The van der Waals surface area contributed by atoms with Crippen LogP contribution in [-0.4, -0.2) is 22.8 Å². The van der Waals surface area contributed by atoms with Crippen LogP contribution in [0.3, 0.4) is 0 Å². The van der Waals surface area contributed by atoms with Crippen molar-refractivity contribution in [2.75, 3.05) is 12.1 Å². The van der Waals surface area contributed by atoms with Gasteiger partial charge in [0.05, 0.1) is 12.0 Å². The molecule has 3 aromatic rings. The fraction of sp³-hybridized carbons (Fsp3) is 0.280. The highest BCUT2D eigenvalue weighted by atomic mass is 16.7. The average molecular weight is 421 g/mol. The highest BCUT2D eigenvalue weighted by Gasteiger charge is 2.52. The lowest BCUT2D eigenvalue weighted by Gasteiger charge is -2.18. The van der Waals surface area contributed by atoms with E-state index in [0.717, 1.165) is 52.0 Å². The first-order chi connectivity index (χ1) is 15.0. The molecule has 5 rings (SSSR count). The molecule has 0 saturated heterocycles. The molecule has 0 atom stereocenters. The number of nitrogens with zero attached hydrogens (tertiary/aromatic N) is 1. The molecule has 2 heterocycles. The number of aliphatic hydroxyl groups excluding tert-OH is 1. The number of nitrogens with one attached hydrogen (secondary N) is 1. The highest BCUT2D eigenvalue weighted by molar-refractivity contribution is 6.01. The summed E-state index contributed by atoms with van der Waals surface area (Å²) in [7, 11) is 0. The Morgan fingerprint density at radius 3 is 2.55 bits per heavy atom. The molecule has 1 saturated carbocycles. The minimum atomic E-state index is -0.540. The molecule has 162 valence electrons. The number of aromatic nitrogens is 1. The summed E-state index contributed by atoms with van der Waals surface area (Å²) in [4.78, 5) is 17.8. The number of ether oxygens (including phenoxy) is 2. The van der Waals surface area contributed by atoms with Crippen molar-refractivity contribution in [1.82, 2.24) is 4.98 Å². The minimum Gasteiger partial charge on any atom is -0.454 e. The standard InChI is InChI=1S/C25H24N2O4.2H2/c1-15-16(2)23(26-12-20(15)18-5-3-17(13-28)4-6-18)27-24(29)25(9-10-25)19-7-8-21-22(11-19)31-14-30-21;;/h3-8,11-12,28H,9-10,13-14H2,1-2H3,(H,26,27,29);2*1H. The Bertz CT molecular complexity index is 1180. The van der Waals surface area contributed by atoms with Gasteiger partial charge in [0.15, 0.2) is 11.5 Å². The first-order valence-electron chi connectivity index (χ1n) is 10.4. The first kappa shape index (κ1) is 19.6. The minimum absolute atomic E-state index is 0. The summed E-state index contributed by atoms with van der Waals surface area (Å²) in [5, 5.41) is 12.3. The van der Waals surface area contributed by atoms with Gasteiger partial charge in [0.25, 0.3) is 0 Å². The van der Waals surface area contributed by atoms with E-state index in [1.165, 1.54) is 0 Å². The number of carbonyl (C=O) groups excluding carboxylic acids is 1. The molecular formula is C25H28N2O4. The van der Waals surface area contributed by atoms with Gasteiger partial charge in [-0.05, 0) is 66.6 Å². The van der Waals surface area contributed by atoms with Crippen molar-refractivity contribution in [3.8, 4) is 22.6 Å². The summed E-state index contributed by atoms with van der Waals surface area (Å²) in [6.07, 6.45) is 3.39. The van der Waals surface area contributed by atoms with Gasteiger partial charge in [0.1, 0.15) is 5.82 Å². The van der Waals surface area contributed by atoms with Crippen molar-refractivity contribution in [3.05, 3.63) is 70.9 Å². The molecule has 1 aliphatic carbocycles. The first-order valence-corrected chi connectivity index (χ1v) is 10.4. The van der Waals surface area contributed by atoms with Gasteiger partial charge in [-0.1, -0.05) is 30.3 Å². The molecule has 0 unspecified atom stereocenters. The smallest absolute Gasteiger partial charge is 0.236 e. The fourth-order valence-electron chi connectivity index (χ4n) is 4.10. The fourth-order valence-corrected chi connectivity index (χ4v) is 4.10. The Hall–Kier alpha value is -3.38. The van der Waals surface area contributed by atoms with Crippen LogP contribution in [0.25, 0.3) is 11.1 Å². The third kappa shape index (κ3) is 3.33. The predicted molar refractivity (Wildman–Crippen MR) is 121 cm³/mol. The molecule has 1 aliphatic heterocycles. The van der Waals surface area contributed by atoms with Crippen molar-refractivity contribution < 1.29 is 22.2 Å². The number of aliphatic hydroxyl groups is 1. The second kappa shape index (κ2) is 7.39. The number of benzene rings is 2. The van der Waals surface area contributed by atoms with Gasteiger partial charge < -0.3 is 19.9 Å². The molecule has 1 aromatic heterocycles. The maximum absolute atomic E-state index is 13.2. The number of anilines is 1. The van der Waals surface area contributed by atoms with Gasteiger partial charge in [0, 0.05) is 14.6 Å². The second-order valence-corrected chi connectivity index (χ2v) is 8.23. The van der Waals surface area contributed by atoms with Crippen LogP contribution in [0, 0.1) is 13.8 Å². The van der Waals surface area contributed by atoms with Crippen LogP contribution in [0.2, 0.25) is 0 Å². The van der Waals surface area contributed by atoms with E-state index < -0.39 is 5.41 Å². The van der Waals surface area contributed by atoms with E-state index in [-0.39, 0.29) is 22.2 Å². The molecule has 1 amide bonds. The van der Waals surface area contributed by atoms with Crippen LogP contribution < -0.4 is 14.8 Å². The molecular weight excluding hydrogens is 392 g/mol. The predicted octanol–water partition coefficient (Wildman–Crippen LogP) is 4.75. The lowest BCUT2D eigenvalue weighted by molar-refractivity contribution is -0.118. The number of fused-ring (bicyclic) bond motifs is 1. The van der Waals surface area contributed by atoms with Gasteiger partial charge >= 0.3 is 0 Å². The summed E-state index contributed by atoms with van der Waals surface area (Å²) in [5.41, 5.74) is 5.33. The highest BCUT2D eigenvalue weighted by Crippen LogP contribution is 2.51. The lowest BCUT2D eigenvalue weighted by Crippen LogP contribution is -2.28. The second-order valence-electron chi connectivity index (χ2n) is 8.23. The van der Waals surface area contributed by atoms with Crippen molar-refractivity contribution >= 4 is 11.7 Å². The Labute approximate surface area is 183 Å². The van der Waals surface area contributed by atoms with E-state index in [1.807, 2.05) is 56.3 Å². The maximum atomic E-state index is 13.2. The number of carbonyl (C=O) groups is 1.